The van der Waals surface area contributed by atoms with Crippen molar-refractivity contribution >= 4 is 18.2 Å². The van der Waals surface area contributed by atoms with Crippen LogP contribution in [0.2, 0.25) is 0 Å². The molecule has 0 bridgehead atoms. The largest absolute Gasteiger partial charge is 0.434 e. The third kappa shape index (κ3) is 1.54. The summed E-state index contributed by atoms with van der Waals surface area (Å²) in [4.78, 5) is 19.1. The number of nitro groups is 1. The van der Waals surface area contributed by atoms with Crippen LogP contribution >= 0.6 is 0 Å². The average Bonchev–Trinajstić information content (AvgIpc) is 2.37. The summed E-state index contributed by atoms with van der Waals surface area (Å²) < 4.78 is 4.54. The summed E-state index contributed by atoms with van der Waals surface area (Å²) in [6.07, 6.45) is 0.378. The molecule has 0 atom stereocenters. The molecular weight excluding hydrogens is 152 g/mol. The van der Waals surface area contributed by atoms with Crippen LogP contribution in [0.15, 0.2) is 16.5 Å². The Morgan fingerprint density at radius 1 is 1.64 bits per heavy atom. The summed E-state index contributed by atoms with van der Waals surface area (Å²) in [6.45, 7) is 0. The molecule has 1 amide bonds. The van der Waals surface area contributed by atoms with E-state index in [4.69, 9.17) is 0 Å². The third-order valence-electron chi connectivity index (χ3n) is 0.973. The predicted octanol–water partition coefficient (Wildman–Crippen LogP) is 0.756. The highest BCUT2D eigenvalue weighted by Crippen LogP contribution is 2.18. The maximum absolute atomic E-state index is 10.0. The fraction of sp³-hybridized carbons (Fsp3) is 0. The van der Waals surface area contributed by atoms with Gasteiger partial charge in [0.05, 0.1) is 6.07 Å². The van der Waals surface area contributed by atoms with Crippen LogP contribution < -0.4 is 5.32 Å². The second-order valence-corrected chi connectivity index (χ2v) is 1.66. The number of nitrogens with zero attached hydrogens (tertiary/aromatic N) is 1. The molecule has 0 aliphatic heterocycles. The van der Waals surface area contributed by atoms with E-state index in [9.17, 15) is 14.9 Å². The Kier molecular flexibility index (Phi) is 1.86. The first kappa shape index (κ1) is 7.26. The van der Waals surface area contributed by atoms with Gasteiger partial charge in [0.2, 0.25) is 12.3 Å². The first-order valence-electron chi connectivity index (χ1n) is 2.68. The number of hydrogen-bond acceptors (Lipinski definition) is 4. The molecule has 6 heteroatoms. The predicted molar refractivity (Wildman–Crippen MR) is 35.0 cm³/mol. The third-order valence-corrected chi connectivity index (χ3v) is 0.973. The van der Waals surface area contributed by atoms with Crippen LogP contribution in [-0.4, -0.2) is 11.3 Å². The van der Waals surface area contributed by atoms with E-state index in [0.717, 1.165) is 6.07 Å². The summed E-state index contributed by atoms with van der Waals surface area (Å²) in [6, 6.07) is 2.46. The fourth-order valence-corrected chi connectivity index (χ4v) is 0.561. The van der Waals surface area contributed by atoms with Gasteiger partial charge in [-0.2, -0.15) is 0 Å². The quantitative estimate of drug-likeness (QED) is 0.397. The SMILES string of the molecule is O=CNc1ccc([N+](=O)[O-])o1. The Morgan fingerprint density at radius 2 is 2.36 bits per heavy atom. The lowest BCUT2D eigenvalue weighted by Crippen LogP contribution is -1.90. The molecule has 0 aromatic carbocycles. The van der Waals surface area contributed by atoms with Crippen molar-refractivity contribution in [3.8, 4) is 0 Å². The van der Waals surface area contributed by atoms with Crippen molar-refractivity contribution in [2.45, 2.75) is 0 Å². The van der Waals surface area contributed by atoms with Crippen LogP contribution in [0, 0.1) is 10.1 Å². The second kappa shape index (κ2) is 2.82. The van der Waals surface area contributed by atoms with Gasteiger partial charge in [-0.3, -0.25) is 20.2 Å². The minimum Gasteiger partial charge on any atom is -0.384 e. The molecule has 0 spiro atoms. The lowest BCUT2D eigenvalue weighted by Gasteiger charge is -1.86. The Morgan fingerprint density at radius 3 is 2.82 bits per heavy atom. The summed E-state index contributed by atoms with van der Waals surface area (Å²) in [5.74, 6) is -0.332. The zero-order valence-corrected chi connectivity index (χ0v) is 5.31. The zero-order valence-electron chi connectivity index (χ0n) is 5.31. The standard InChI is InChI=1S/C5H4N2O4/c8-3-6-4-1-2-5(11-4)7(9)10/h1-3H,(H,6,8). The molecule has 6 nitrogen and oxygen atoms in total. The van der Waals surface area contributed by atoms with Crippen LogP contribution in [0.5, 0.6) is 0 Å². The van der Waals surface area contributed by atoms with E-state index in [1.165, 1.54) is 6.07 Å². The molecule has 58 valence electrons. The van der Waals surface area contributed by atoms with Crippen LogP contribution in [0.25, 0.3) is 0 Å². The van der Waals surface area contributed by atoms with Gasteiger partial charge in [-0.1, -0.05) is 0 Å². The number of hydrogen-bond donors (Lipinski definition) is 1. The molecule has 1 N–H and O–H groups in total. The smallest absolute Gasteiger partial charge is 0.384 e. The van der Waals surface area contributed by atoms with Gasteiger partial charge in [0.15, 0.2) is 0 Å². The van der Waals surface area contributed by atoms with Gasteiger partial charge >= 0.3 is 5.88 Å². The van der Waals surface area contributed by atoms with E-state index in [1.54, 1.807) is 0 Å². The summed E-state index contributed by atoms with van der Waals surface area (Å²) in [5.41, 5.74) is 0. The van der Waals surface area contributed by atoms with Crippen molar-refractivity contribution in [1.29, 1.82) is 0 Å². The molecule has 0 fully saturated rings. The normalized spacial score (nSPS) is 9.09. The highest BCUT2D eigenvalue weighted by atomic mass is 16.6. The maximum Gasteiger partial charge on any atom is 0.434 e. The van der Waals surface area contributed by atoms with Crippen LogP contribution in [0.1, 0.15) is 0 Å². The molecular formula is C5H4N2O4. The Balaban J connectivity index is 2.81. The minimum atomic E-state index is -0.685. The van der Waals surface area contributed by atoms with E-state index in [0.29, 0.717) is 6.41 Å². The van der Waals surface area contributed by atoms with Crippen molar-refractivity contribution in [1.82, 2.24) is 0 Å². The van der Waals surface area contributed by atoms with Gasteiger partial charge in [0.25, 0.3) is 0 Å². The fourth-order valence-electron chi connectivity index (χ4n) is 0.561. The van der Waals surface area contributed by atoms with Crippen molar-refractivity contribution in [3.63, 3.8) is 0 Å². The van der Waals surface area contributed by atoms with E-state index in [-0.39, 0.29) is 5.88 Å². The van der Waals surface area contributed by atoms with Gasteiger partial charge in [0, 0.05) is 6.07 Å². The number of nitrogens with one attached hydrogen (secondary N) is 1. The van der Waals surface area contributed by atoms with Gasteiger partial charge in [0.1, 0.15) is 4.92 Å². The second-order valence-electron chi connectivity index (χ2n) is 1.66. The van der Waals surface area contributed by atoms with E-state index >= 15 is 0 Å². The summed E-state index contributed by atoms with van der Waals surface area (Å²) in [7, 11) is 0. The number of anilines is 1. The monoisotopic (exact) mass is 156 g/mol. The number of amides is 1. The minimum absolute atomic E-state index is 0.0618. The highest BCUT2D eigenvalue weighted by Gasteiger charge is 2.10. The molecule has 1 aromatic rings. The van der Waals surface area contributed by atoms with Gasteiger partial charge < -0.3 is 4.42 Å². The number of rotatable bonds is 3. The first-order valence-corrected chi connectivity index (χ1v) is 2.68. The maximum atomic E-state index is 10.0. The molecule has 0 saturated heterocycles. The molecule has 0 aliphatic rings. The molecule has 1 aromatic heterocycles. The number of carbonyl (C=O) groups is 1. The van der Waals surface area contributed by atoms with Crippen molar-refractivity contribution in [2.24, 2.45) is 0 Å². The summed E-state index contributed by atoms with van der Waals surface area (Å²) in [5, 5.41) is 12.1. The average molecular weight is 156 g/mol. The molecule has 0 saturated carbocycles. The van der Waals surface area contributed by atoms with Crippen molar-refractivity contribution < 1.29 is 14.1 Å². The van der Waals surface area contributed by atoms with E-state index in [1.807, 2.05) is 0 Å². The van der Waals surface area contributed by atoms with Crippen LogP contribution in [0.3, 0.4) is 0 Å². The summed E-state index contributed by atoms with van der Waals surface area (Å²) >= 11 is 0. The van der Waals surface area contributed by atoms with E-state index < -0.39 is 10.8 Å². The van der Waals surface area contributed by atoms with E-state index in [2.05, 4.69) is 9.73 Å². The topological polar surface area (TPSA) is 85.4 Å². The van der Waals surface area contributed by atoms with Gasteiger partial charge in [-0.25, -0.2) is 0 Å². The van der Waals surface area contributed by atoms with Crippen LogP contribution in [-0.2, 0) is 4.79 Å². The molecule has 11 heavy (non-hydrogen) atoms. The Hall–Kier alpha value is -1.85. The lowest BCUT2D eigenvalue weighted by atomic mass is 10.6. The first-order chi connectivity index (χ1) is 5.24. The molecule has 0 aliphatic carbocycles. The van der Waals surface area contributed by atoms with Gasteiger partial charge in [-0.15, -0.1) is 0 Å². The number of carbonyl (C=O) groups excluding carboxylic acids is 1. The van der Waals surface area contributed by atoms with Crippen molar-refractivity contribution in [3.05, 3.63) is 22.2 Å². The molecule has 1 heterocycles. The molecule has 1 rings (SSSR count). The number of furan rings is 1. The van der Waals surface area contributed by atoms with Crippen molar-refractivity contribution in [2.75, 3.05) is 5.32 Å². The van der Waals surface area contributed by atoms with Crippen LogP contribution in [0.4, 0.5) is 11.8 Å². The van der Waals surface area contributed by atoms with Gasteiger partial charge in [-0.05, 0) is 0 Å². The molecule has 0 unspecified atom stereocenters. The zero-order chi connectivity index (χ0) is 8.27. The highest BCUT2D eigenvalue weighted by molar-refractivity contribution is 5.68. The molecule has 0 radical (unpaired) electrons. The lowest BCUT2D eigenvalue weighted by molar-refractivity contribution is -0.401. The Labute approximate surface area is 61.0 Å². The Bertz CT molecular complexity index is 280.